The summed E-state index contributed by atoms with van der Waals surface area (Å²) in [6.45, 7) is 1.57. The number of nitrogens with one attached hydrogen (secondary N) is 1. The number of carboxylic acids is 1. The van der Waals surface area contributed by atoms with Gasteiger partial charge in [-0.15, -0.1) is 0 Å². The summed E-state index contributed by atoms with van der Waals surface area (Å²) in [4.78, 5) is 40.9. The minimum atomic E-state index is -5.05. The van der Waals surface area contributed by atoms with Crippen LogP contribution in [0.4, 0.5) is 35.1 Å². The van der Waals surface area contributed by atoms with Gasteiger partial charge in [0.05, 0.1) is 23.6 Å². The molecule has 4 rings (SSSR count). The Balaban J connectivity index is 1.94. The fourth-order valence-corrected chi connectivity index (χ4v) is 6.54. The summed E-state index contributed by atoms with van der Waals surface area (Å²) >= 11 is 0. The zero-order valence-electron chi connectivity index (χ0n) is 28.3. The number of aromatic nitrogens is 1. The molecule has 0 aliphatic carbocycles. The average Bonchev–Trinajstić information content (AvgIpc) is 3.00. The minimum absolute atomic E-state index is 0.00758. The van der Waals surface area contributed by atoms with Crippen molar-refractivity contribution in [1.82, 2.24) is 14.8 Å². The molecule has 0 saturated heterocycles. The summed E-state index contributed by atoms with van der Waals surface area (Å²) < 4.78 is 117. The number of aliphatic carboxylic acids is 1. The van der Waals surface area contributed by atoms with Gasteiger partial charge in [0.1, 0.15) is 17.7 Å². The van der Waals surface area contributed by atoms with Crippen LogP contribution in [-0.4, -0.2) is 47.1 Å². The van der Waals surface area contributed by atoms with E-state index in [9.17, 15) is 50.2 Å². The molecule has 2 bridgehead atoms. The molecular weight excluding hydrogens is 690 g/mol. The maximum absolute atomic E-state index is 16.6. The van der Waals surface area contributed by atoms with Gasteiger partial charge in [-0.1, -0.05) is 25.7 Å². The molecule has 1 aliphatic rings. The number of nitrogens with zero attached hydrogens (tertiary/aromatic N) is 2. The van der Waals surface area contributed by atoms with Crippen LogP contribution in [0.25, 0.3) is 11.1 Å². The van der Waals surface area contributed by atoms with Gasteiger partial charge in [0.15, 0.2) is 0 Å². The SMILES string of the molecule is Cc1cc(F)cc2c1-c1cc(C(F)(F)F)cc(c1F)[C@H](CC(=O)O)NC(=O)[C@@H](n1cc(CCN(C)C)c(C(F)(F)F)cc1=O)CCCCCCC2. The smallest absolute Gasteiger partial charge is 0.416 e. The van der Waals surface area contributed by atoms with Crippen LogP contribution < -0.4 is 10.9 Å². The highest BCUT2D eigenvalue weighted by Gasteiger charge is 2.37. The van der Waals surface area contributed by atoms with Gasteiger partial charge in [-0.2, -0.15) is 26.3 Å². The van der Waals surface area contributed by atoms with Crippen molar-refractivity contribution in [2.24, 2.45) is 0 Å². The van der Waals surface area contributed by atoms with Gasteiger partial charge in [0.2, 0.25) is 5.91 Å². The summed E-state index contributed by atoms with van der Waals surface area (Å²) in [5, 5.41) is 12.1. The average molecular weight is 730 g/mol. The Morgan fingerprint density at radius 2 is 1.61 bits per heavy atom. The van der Waals surface area contributed by atoms with E-state index in [1.54, 1.807) is 19.0 Å². The van der Waals surface area contributed by atoms with Crippen LogP contribution in [0.15, 0.2) is 41.3 Å². The van der Waals surface area contributed by atoms with Crippen LogP contribution in [0.3, 0.4) is 0 Å². The second-order valence-corrected chi connectivity index (χ2v) is 13.2. The van der Waals surface area contributed by atoms with Gasteiger partial charge in [-0.3, -0.25) is 14.4 Å². The quantitative estimate of drug-likeness (QED) is 0.251. The number of benzene rings is 2. The number of hydrogen-bond donors (Lipinski definition) is 2. The van der Waals surface area contributed by atoms with Crippen LogP contribution in [0.5, 0.6) is 0 Å². The molecule has 2 aromatic carbocycles. The number of carboxylic acid groups (broad SMARTS) is 1. The highest BCUT2D eigenvalue weighted by molar-refractivity contribution is 5.82. The third-order valence-electron chi connectivity index (χ3n) is 9.01. The molecule has 0 unspecified atom stereocenters. The number of alkyl halides is 6. The number of carbonyl (C=O) groups excluding carboxylic acids is 1. The number of amides is 1. The molecule has 15 heteroatoms. The molecule has 0 saturated carbocycles. The van der Waals surface area contributed by atoms with Crippen molar-refractivity contribution < 1.29 is 49.8 Å². The third kappa shape index (κ3) is 9.75. The van der Waals surface area contributed by atoms with Crippen molar-refractivity contribution in [2.45, 2.75) is 89.1 Å². The molecule has 1 aliphatic heterocycles. The maximum atomic E-state index is 16.6. The normalized spacial score (nSPS) is 18.0. The van der Waals surface area contributed by atoms with E-state index in [0.717, 1.165) is 22.9 Å². The highest BCUT2D eigenvalue weighted by Crippen LogP contribution is 2.41. The second-order valence-electron chi connectivity index (χ2n) is 13.2. The number of hydrogen-bond acceptors (Lipinski definition) is 4. The first-order valence-corrected chi connectivity index (χ1v) is 16.5. The van der Waals surface area contributed by atoms with E-state index in [-0.39, 0.29) is 54.5 Å². The largest absolute Gasteiger partial charge is 0.481 e. The zero-order chi connectivity index (χ0) is 37.8. The van der Waals surface area contributed by atoms with Crippen molar-refractivity contribution in [3.63, 3.8) is 0 Å². The van der Waals surface area contributed by atoms with Gasteiger partial charge >= 0.3 is 18.3 Å². The lowest BCUT2D eigenvalue weighted by atomic mass is 9.87. The van der Waals surface area contributed by atoms with Crippen molar-refractivity contribution in [3.8, 4) is 11.1 Å². The zero-order valence-corrected chi connectivity index (χ0v) is 28.3. The second kappa shape index (κ2) is 16.0. The van der Waals surface area contributed by atoms with Crippen LogP contribution in [0.2, 0.25) is 0 Å². The molecule has 2 heterocycles. The fraction of sp³-hybridized carbons (Fsp3) is 0.472. The molecule has 7 nitrogen and oxygen atoms in total. The van der Waals surface area contributed by atoms with E-state index in [2.05, 4.69) is 5.32 Å². The van der Waals surface area contributed by atoms with E-state index in [4.69, 9.17) is 0 Å². The topological polar surface area (TPSA) is 91.6 Å². The number of rotatable bonds is 6. The van der Waals surface area contributed by atoms with E-state index in [1.165, 1.54) is 6.92 Å². The van der Waals surface area contributed by atoms with Gasteiger partial charge in [-0.05, 0) is 93.2 Å². The Morgan fingerprint density at radius 1 is 0.941 bits per heavy atom. The molecule has 0 spiro atoms. The molecule has 278 valence electrons. The molecule has 0 fully saturated rings. The first kappa shape index (κ1) is 39.5. The summed E-state index contributed by atoms with van der Waals surface area (Å²) in [7, 11) is 3.27. The van der Waals surface area contributed by atoms with E-state index >= 15 is 4.39 Å². The number of carbonyl (C=O) groups is 2. The van der Waals surface area contributed by atoms with Crippen LogP contribution in [0.1, 0.15) is 90.4 Å². The van der Waals surface area contributed by atoms with E-state index < -0.39 is 82.2 Å². The molecule has 0 radical (unpaired) electrons. The molecule has 1 aromatic heterocycles. The summed E-state index contributed by atoms with van der Waals surface area (Å²) in [5.74, 6) is -4.64. The number of fused-ring (bicyclic) bond motifs is 4. The fourth-order valence-electron chi connectivity index (χ4n) is 6.54. The monoisotopic (exact) mass is 729 g/mol. The molecule has 1 amide bonds. The number of aryl methyl sites for hydroxylation is 2. The lowest BCUT2D eigenvalue weighted by Crippen LogP contribution is -2.40. The summed E-state index contributed by atoms with van der Waals surface area (Å²) in [5.41, 5.74) is -4.97. The first-order chi connectivity index (χ1) is 23.8. The van der Waals surface area contributed by atoms with E-state index in [0.29, 0.717) is 43.9 Å². The Hall–Kier alpha value is -4.27. The van der Waals surface area contributed by atoms with Crippen LogP contribution in [0, 0.1) is 18.6 Å². The molecule has 2 atom stereocenters. The van der Waals surface area contributed by atoms with Crippen molar-refractivity contribution in [1.29, 1.82) is 0 Å². The predicted molar refractivity (Wildman–Crippen MR) is 173 cm³/mol. The molecule has 51 heavy (non-hydrogen) atoms. The Morgan fingerprint density at radius 3 is 2.24 bits per heavy atom. The van der Waals surface area contributed by atoms with Gasteiger partial charge < -0.3 is 19.9 Å². The van der Waals surface area contributed by atoms with Crippen molar-refractivity contribution >= 4 is 11.9 Å². The van der Waals surface area contributed by atoms with Crippen LogP contribution in [-0.2, 0) is 34.8 Å². The lowest BCUT2D eigenvalue weighted by Gasteiger charge is -2.27. The molecule has 3 aromatic rings. The minimum Gasteiger partial charge on any atom is -0.481 e. The van der Waals surface area contributed by atoms with Gasteiger partial charge in [-0.25, -0.2) is 8.78 Å². The summed E-state index contributed by atoms with van der Waals surface area (Å²) in [6, 6.07) is 0.0913. The van der Waals surface area contributed by atoms with Gasteiger partial charge in [0, 0.05) is 29.9 Å². The number of pyridine rings is 1. The van der Waals surface area contributed by atoms with E-state index in [1.807, 2.05) is 0 Å². The molecular formula is C36H39F8N3O4. The number of halogens is 8. The predicted octanol–water partition coefficient (Wildman–Crippen LogP) is 8.01. The Kier molecular flexibility index (Phi) is 12.4. The third-order valence-corrected chi connectivity index (χ3v) is 9.01. The lowest BCUT2D eigenvalue weighted by molar-refractivity contribution is -0.139. The Bertz CT molecular complexity index is 1820. The van der Waals surface area contributed by atoms with Crippen molar-refractivity contribution in [2.75, 3.05) is 20.6 Å². The highest BCUT2D eigenvalue weighted by atomic mass is 19.4. The summed E-state index contributed by atoms with van der Waals surface area (Å²) in [6.07, 6.45) is -7.76. The standard InChI is InChI=1S/C36H39F8N3O4/c1-20-13-24(37)14-21-9-7-5-4-6-8-10-29(47-19-22(11-12-46(2)3)27(17-30(47)48)36(42,43)44)34(51)45-28(18-31(49)50)25-15-23(35(39,40)41)16-26(32(20)21)33(25)38/h13-17,19,28-29H,4-12,18H2,1-3H3,(H,45,51)(H,49,50)/t28-,29-/m0/s1. The van der Waals surface area contributed by atoms with Crippen LogP contribution >= 0.6 is 0 Å². The van der Waals surface area contributed by atoms with Crippen molar-refractivity contribution in [3.05, 3.63) is 91.9 Å². The van der Waals surface area contributed by atoms with Gasteiger partial charge in [0.25, 0.3) is 5.56 Å². The first-order valence-electron chi connectivity index (χ1n) is 16.5. The Labute approximate surface area is 289 Å². The number of likely N-dealkylation sites (N-methyl/N-ethyl adjacent to an activating group) is 1. The molecule has 2 N–H and O–H groups in total. The maximum Gasteiger partial charge on any atom is 0.416 e.